The highest BCUT2D eigenvalue weighted by atomic mass is 19.1. The van der Waals surface area contributed by atoms with Crippen LogP contribution in [0.25, 0.3) is 22.2 Å². The predicted octanol–water partition coefficient (Wildman–Crippen LogP) is 3.10. The minimum absolute atomic E-state index is 0.315. The molecule has 0 spiro atoms. The molecule has 0 radical (unpaired) electrons. The Kier molecular flexibility index (Phi) is 2.48. The maximum absolute atomic E-state index is 13.9. The molecule has 0 amide bonds. The summed E-state index contributed by atoms with van der Waals surface area (Å²) in [6, 6.07) is 8.93. The highest BCUT2D eigenvalue weighted by molar-refractivity contribution is 5.95. The average Bonchev–Trinajstić information content (AvgIpc) is 2.66. The zero-order valence-corrected chi connectivity index (χ0v) is 10.2. The molecule has 0 atom stereocenters. The van der Waals surface area contributed by atoms with E-state index < -0.39 is 5.82 Å². The summed E-state index contributed by atoms with van der Waals surface area (Å²) in [6.45, 7) is 0. The minimum atomic E-state index is -0.437. The molecule has 3 aromatic rings. The molecule has 3 rings (SSSR count). The molecule has 0 saturated heterocycles. The first kappa shape index (κ1) is 11.6. The van der Waals surface area contributed by atoms with Gasteiger partial charge in [0.05, 0.1) is 0 Å². The lowest BCUT2D eigenvalue weighted by Crippen LogP contribution is -1.93. The van der Waals surface area contributed by atoms with E-state index in [1.165, 1.54) is 22.9 Å². The normalized spacial score (nSPS) is 11.1. The maximum atomic E-state index is 13.9. The van der Waals surface area contributed by atoms with Gasteiger partial charge < -0.3 is 5.73 Å². The molecule has 0 aliphatic heterocycles. The van der Waals surface area contributed by atoms with Crippen LogP contribution in [0.1, 0.15) is 0 Å². The van der Waals surface area contributed by atoms with E-state index >= 15 is 0 Å². The molecule has 19 heavy (non-hydrogen) atoms. The SMILES string of the molecule is Cn1nc(-c2cccc(F)c2)c2cc(N)cc(F)c21. The van der Waals surface area contributed by atoms with Crippen LogP contribution < -0.4 is 5.73 Å². The van der Waals surface area contributed by atoms with Crippen LogP contribution in [0.2, 0.25) is 0 Å². The molecule has 5 heteroatoms. The van der Waals surface area contributed by atoms with E-state index in [0.29, 0.717) is 27.8 Å². The molecule has 0 unspecified atom stereocenters. The number of halogens is 2. The average molecular weight is 259 g/mol. The van der Waals surface area contributed by atoms with Gasteiger partial charge in [0.1, 0.15) is 17.0 Å². The number of aryl methyl sites for hydroxylation is 1. The van der Waals surface area contributed by atoms with E-state index in [0.717, 1.165) is 0 Å². The largest absolute Gasteiger partial charge is 0.399 e. The Morgan fingerprint density at radius 1 is 1.16 bits per heavy atom. The van der Waals surface area contributed by atoms with Crippen LogP contribution in [-0.4, -0.2) is 9.78 Å². The number of hydrogen-bond donors (Lipinski definition) is 1. The van der Waals surface area contributed by atoms with Gasteiger partial charge in [-0.2, -0.15) is 5.10 Å². The molecular weight excluding hydrogens is 248 g/mol. The number of nitrogen functional groups attached to an aromatic ring is 1. The lowest BCUT2D eigenvalue weighted by atomic mass is 10.1. The fourth-order valence-electron chi connectivity index (χ4n) is 2.23. The Balaban J connectivity index is 2.36. The Morgan fingerprint density at radius 2 is 1.95 bits per heavy atom. The van der Waals surface area contributed by atoms with Crippen molar-refractivity contribution >= 4 is 16.6 Å². The van der Waals surface area contributed by atoms with Crippen molar-refractivity contribution in [2.24, 2.45) is 7.05 Å². The van der Waals surface area contributed by atoms with Crippen molar-refractivity contribution in [1.29, 1.82) is 0 Å². The maximum Gasteiger partial charge on any atom is 0.151 e. The predicted molar refractivity (Wildman–Crippen MR) is 70.5 cm³/mol. The fraction of sp³-hybridized carbons (Fsp3) is 0.0714. The summed E-state index contributed by atoms with van der Waals surface area (Å²) in [5.41, 5.74) is 7.44. The Bertz CT molecular complexity index is 778. The van der Waals surface area contributed by atoms with Gasteiger partial charge in [0.15, 0.2) is 5.82 Å². The Morgan fingerprint density at radius 3 is 2.68 bits per heavy atom. The van der Waals surface area contributed by atoms with Crippen LogP contribution in [0, 0.1) is 11.6 Å². The molecule has 96 valence electrons. The monoisotopic (exact) mass is 259 g/mol. The minimum Gasteiger partial charge on any atom is -0.399 e. The summed E-state index contributed by atoms with van der Waals surface area (Å²) in [5.74, 6) is -0.798. The van der Waals surface area contributed by atoms with Crippen molar-refractivity contribution in [2.45, 2.75) is 0 Å². The Labute approximate surface area is 108 Å². The summed E-state index contributed by atoms with van der Waals surface area (Å²) in [7, 11) is 1.64. The van der Waals surface area contributed by atoms with Gasteiger partial charge in [-0.3, -0.25) is 4.68 Å². The van der Waals surface area contributed by atoms with E-state index in [1.807, 2.05) is 0 Å². The van der Waals surface area contributed by atoms with Crippen molar-refractivity contribution in [2.75, 3.05) is 5.73 Å². The number of nitrogens with zero attached hydrogens (tertiary/aromatic N) is 2. The highest BCUT2D eigenvalue weighted by Crippen LogP contribution is 2.31. The third kappa shape index (κ3) is 1.83. The molecule has 0 bridgehead atoms. The molecule has 0 aliphatic rings. The number of anilines is 1. The summed E-state index contributed by atoms with van der Waals surface area (Å²) in [4.78, 5) is 0. The molecule has 0 aliphatic carbocycles. The van der Waals surface area contributed by atoms with Gasteiger partial charge in [-0.15, -0.1) is 0 Å². The van der Waals surface area contributed by atoms with Gasteiger partial charge >= 0.3 is 0 Å². The van der Waals surface area contributed by atoms with E-state index in [9.17, 15) is 8.78 Å². The molecular formula is C14H11F2N3. The third-order valence-electron chi connectivity index (χ3n) is 3.01. The number of aromatic nitrogens is 2. The third-order valence-corrected chi connectivity index (χ3v) is 3.01. The molecule has 3 nitrogen and oxygen atoms in total. The van der Waals surface area contributed by atoms with Gasteiger partial charge in [-0.05, 0) is 24.3 Å². The van der Waals surface area contributed by atoms with E-state index in [4.69, 9.17) is 5.73 Å². The van der Waals surface area contributed by atoms with Gasteiger partial charge in [0.2, 0.25) is 0 Å². The molecule has 1 aromatic heterocycles. The second-order valence-electron chi connectivity index (χ2n) is 4.38. The standard InChI is InChI=1S/C14H11F2N3/c1-19-14-11(6-10(17)7-12(14)16)13(18-19)8-3-2-4-9(15)5-8/h2-7H,17H2,1H3. The molecule has 0 fully saturated rings. The van der Waals surface area contributed by atoms with Gasteiger partial charge in [-0.25, -0.2) is 8.78 Å². The van der Waals surface area contributed by atoms with Crippen LogP contribution in [0.3, 0.4) is 0 Å². The van der Waals surface area contributed by atoms with Gasteiger partial charge in [-0.1, -0.05) is 12.1 Å². The summed E-state index contributed by atoms with van der Waals surface area (Å²) in [6.07, 6.45) is 0. The van der Waals surface area contributed by atoms with Crippen molar-refractivity contribution < 1.29 is 8.78 Å². The van der Waals surface area contributed by atoms with Crippen LogP contribution in [-0.2, 0) is 7.05 Å². The summed E-state index contributed by atoms with van der Waals surface area (Å²) < 4.78 is 28.6. The summed E-state index contributed by atoms with van der Waals surface area (Å²) in [5, 5.41) is 4.83. The van der Waals surface area contributed by atoms with Crippen molar-refractivity contribution in [3.8, 4) is 11.3 Å². The number of fused-ring (bicyclic) bond motifs is 1. The van der Waals surface area contributed by atoms with Crippen LogP contribution in [0.15, 0.2) is 36.4 Å². The smallest absolute Gasteiger partial charge is 0.151 e. The lowest BCUT2D eigenvalue weighted by molar-refractivity contribution is 0.625. The molecule has 2 N–H and O–H groups in total. The van der Waals surface area contributed by atoms with E-state index in [1.54, 1.807) is 25.2 Å². The quantitative estimate of drug-likeness (QED) is 0.682. The molecule has 1 heterocycles. The topological polar surface area (TPSA) is 43.8 Å². The van der Waals surface area contributed by atoms with Crippen molar-refractivity contribution in [3.63, 3.8) is 0 Å². The highest BCUT2D eigenvalue weighted by Gasteiger charge is 2.15. The molecule has 0 saturated carbocycles. The second-order valence-corrected chi connectivity index (χ2v) is 4.38. The zero-order valence-electron chi connectivity index (χ0n) is 10.2. The number of rotatable bonds is 1. The number of hydrogen-bond acceptors (Lipinski definition) is 2. The van der Waals surface area contributed by atoms with Crippen molar-refractivity contribution in [1.82, 2.24) is 9.78 Å². The van der Waals surface area contributed by atoms with Crippen LogP contribution in [0.4, 0.5) is 14.5 Å². The van der Waals surface area contributed by atoms with E-state index in [2.05, 4.69) is 5.10 Å². The van der Waals surface area contributed by atoms with Crippen LogP contribution in [0.5, 0.6) is 0 Å². The van der Waals surface area contributed by atoms with Crippen molar-refractivity contribution in [3.05, 3.63) is 48.0 Å². The molecule has 2 aromatic carbocycles. The summed E-state index contributed by atoms with van der Waals surface area (Å²) >= 11 is 0. The van der Waals surface area contributed by atoms with E-state index in [-0.39, 0.29) is 5.82 Å². The first-order valence-electron chi connectivity index (χ1n) is 5.74. The Hall–Kier alpha value is -2.43. The zero-order chi connectivity index (χ0) is 13.6. The number of nitrogens with two attached hydrogens (primary N) is 1. The first-order chi connectivity index (χ1) is 9.06. The van der Waals surface area contributed by atoms with Gasteiger partial charge in [0, 0.05) is 23.7 Å². The van der Waals surface area contributed by atoms with Crippen LogP contribution >= 0.6 is 0 Å². The first-order valence-corrected chi connectivity index (χ1v) is 5.74. The number of benzene rings is 2. The fourth-order valence-corrected chi connectivity index (χ4v) is 2.23. The second kappa shape index (κ2) is 4.05. The van der Waals surface area contributed by atoms with Gasteiger partial charge in [0.25, 0.3) is 0 Å². The lowest BCUT2D eigenvalue weighted by Gasteiger charge is -2.00.